The Labute approximate surface area is 113 Å². The fraction of sp³-hybridized carbons (Fsp3) is 0.600. The lowest BCUT2D eigenvalue weighted by Crippen LogP contribution is -2.55. The van der Waals surface area contributed by atoms with Gasteiger partial charge in [-0.1, -0.05) is 6.07 Å². The van der Waals surface area contributed by atoms with Crippen LogP contribution < -0.4 is 5.73 Å². The Kier molecular flexibility index (Phi) is 4.21. The largest absolute Gasteiger partial charge is 0.326 e. The standard InChI is InChI=1S/C15H22F2N2/c1-15(2,19-7-3-4-8-19)14(18)10-11-5-6-12(16)13(17)9-11/h5-6,9,14H,3-4,7-8,10,18H2,1-2H3. The van der Waals surface area contributed by atoms with Crippen molar-refractivity contribution >= 4 is 0 Å². The Balaban J connectivity index is 2.06. The van der Waals surface area contributed by atoms with Gasteiger partial charge in [-0.25, -0.2) is 8.78 Å². The Hall–Kier alpha value is -1.00. The smallest absolute Gasteiger partial charge is 0.159 e. The molecule has 0 amide bonds. The highest BCUT2D eigenvalue weighted by Gasteiger charge is 2.34. The van der Waals surface area contributed by atoms with Crippen LogP contribution in [0.1, 0.15) is 32.3 Å². The minimum atomic E-state index is -0.809. The lowest BCUT2D eigenvalue weighted by molar-refractivity contribution is 0.123. The van der Waals surface area contributed by atoms with E-state index in [0.29, 0.717) is 6.42 Å². The molecule has 0 saturated carbocycles. The minimum absolute atomic E-state index is 0.101. The van der Waals surface area contributed by atoms with Gasteiger partial charge in [0.25, 0.3) is 0 Å². The molecular weight excluding hydrogens is 246 g/mol. The molecule has 0 bridgehead atoms. The molecule has 1 aliphatic rings. The summed E-state index contributed by atoms with van der Waals surface area (Å²) in [5, 5.41) is 0. The van der Waals surface area contributed by atoms with Crippen LogP contribution in [0.4, 0.5) is 8.78 Å². The predicted octanol–water partition coefficient (Wildman–Crippen LogP) is 2.71. The second kappa shape index (κ2) is 5.55. The third-order valence-electron chi connectivity index (χ3n) is 4.27. The molecule has 0 aromatic heterocycles. The van der Waals surface area contributed by atoms with Crippen LogP contribution in [-0.4, -0.2) is 29.6 Å². The normalized spacial score (nSPS) is 18.8. The first-order valence-electron chi connectivity index (χ1n) is 6.86. The van der Waals surface area contributed by atoms with Crippen LogP contribution >= 0.6 is 0 Å². The van der Waals surface area contributed by atoms with Crippen LogP contribution in [0.15, 0.2) is 18.2 Å². The van der Waals surface area contributed by atoms with Gasteiger partial charge in [0.2, 0.25) is 0 Å². The second-order valence-corrected chi connectivity index (χ2v) is 5.91. The Morgan fingerprint density at radius 1 is 1.21 bits per heavy atom. The Bertz CT molecular complexity index is 440. The quantitative estimate of drug-likeness (QED) is 0.909. The molecule has 2 N–H and O–H groups in total. The van der Waals surface area contributed by atoms with Gasteiger partial charge in [-0.2, -0.15) is 0 Å². The van der Waals surface area contributed by atoms with Crippen LogP contribution in [-0.2, 0) is 6.42 Å². The van der Waals surface area contributed by atoms with Crippen molar-refractivity contribution in [1.29, 1.82) is 0 Å². The summed E-state index contributed by atoms with van der Waals surface area (Å²) in [5.74, 6) is -1.61. The summed E-state index contributed by atoms with van der Waals surface area (Å²) < 4.78 is 26.1. The highest BCUT2D eigenvalue weighted by molar-refractivity contribution is 5.19. The predicted molar refractivity (Wildman–Crippen MR) is 72.9 cm³/mol. The second-order valence-electron chi connectivity index (χ2n) is 5.91. The number of halogens is 2. The highest BCUT2D eigenvalue weighted by atomic mass is 19.2. The molecule has 1 fully saturated rings. The molecular formula is C15H22F2N2. The maximum atomic E-state index is 13.2. The summed E-state index contributed by atoms with van der Waals surface area (Å²) in [5.41, 5.74) is 6.92. The van der Waals surface area contributed by atoms with Gasteiger partial charge in [-0.15, -0.1) is 0 Å². The molecule has 1 heterocycles. The van der Waals surface area contributed by atoms with Gasteiger partial charge < -0.3 is 5.73 Å². The topological polar surface area (TPSA) is 29.3 Å². The van der Waals surface area contributed by atoms with Gasteiger partial charge in [0, 0.05) is 11.6 Å². The molecule has 1 aliphatic heterocycles. The number of likely N-dealkylation sites (tertiary alicyclic amines) is 1. The van der Waals surface area contributed by atoms with Gasteiger partial charge in [0.1, 0.15) is 0 Å². The fourth-order valence-electron chi connectivity index (χ4n) is 2.70. The zero-order valence-corrected chi connectivity index (χ0v) is 11.6. The van der Waals surface area contributed by atoms with E-state index in [9.17, 15) is 8.78 Å². The molecule has 1 saturated heterocycles. The van der Waals surface area contributed by atoms with Crippen molar-refractivity contribution in [2.24, 2.45) is 5.73 Å². The summed E-state index contributed by atoms with van der Waals surface area (Å²) in [7, 11) is 0. The maximum Gasteiger partial charge on any atom is 0.159 e. The molecule has 0 radical (unpaired) electrons. The molecule has 0 spiro atoms. The summed E-state index contributed by atoms with van der Waals surface area (Å²) in [4.78, 5) is 2.39. The Morgan fingerprint density at radius 2 is 1.84 bits per heavy atom. The zero-order valence-electron chi connectivity index (χ0n) is 11.6. The molecule has 19 heavy (non-hydrogen) atoms. The average molecular weight is 268 g/mol. The summed E-state index contributed by atoms with van der Waals surface area (Å²) in [6.07, 6.45) is 2.98. The number of hydrogen-bond acceptors (Lipinski definition) is 2. The number of nitrogens with two attached hydrogens (primary N) is 1. The molecule has 1 unspecified atom stereocenters. The third kappa shape index (κ3) is 3.12. The van der Waals surface area contributed by atoms with Gasteiger partial charge in [0.05, 0.1) is 0 Å². The van der Waals surface area contributed by atoms with Gasteiger partial charge >= 0.3 is 0 Å². The van der Waals surface area contributed by atoms with Crippen molar-refractivity contribution in [2.45, 2.75) is 44.7 Å². The first-order chi connectivity index (χ1) is 8.91. The van der Waals surface area contributed by atoms with E-state index >= 15 is 0 Å². The van der Waals surface area contributed by atoms with Crippen molar-refractivity contribution in [1.82, 2.24) is 4.90 Å². The molecule has 106 valence electrons. The van der Waals surface area contributed by atoms with Crippen molar-refractivity contribution in [3.8, 4) is 0 Å². The lowest BCUT2D eigenvalue weighted by Gasteiger charge is -2.40. The summed E-state index contributed by atoms with van der Waals surface area (Å²) in [6, 6.07) is 3.92. The van der Waals surface area contributed by atoms with Crippen molar-refractivity contribution in [3.63, 3.8) is 0 Å². The van der Waals surface area contributed by atoms with Gasteiger partial charge in [-0.05, 0) is 63.9 Å². The summed E-state index contributed by atoms with van der Waals surface area (Å²) in [6.45, 7) is 6.39. The van der Waals surface area contributed by atoms with E-state index in [0.717, 1.165) is 18.7 Å². The summed E-state index contributed by atoms with van der Waals surface area (Å²) >= 11 is 0. The number of nitrogens with zero attached hydrogens (tertiary/aromatic N) is 1. The van der Waals surface area contributed by atoms with E-state index in [1.807, 2.05) is 0 Å². The molecule has 1 atom stereocenters. The monoisotopic (exact) mass is 268 g/mol. The van der Waals surface area contributed by atoms with Gasteiger partial charge in [-0.3, -0.25) is 4.90 Å². The van der Waals surface area contributed by atoms with E-state index in [2.05, 4.69) is 18.7 Å². The minimum Gasteiger partial charge on any atom is -0.326 e. The van der Waals surface area contributed by atoms with E-state index in [1.165, 1.54) is 25.0 Å². The molecule has 2 nitrogen and oxygen atoms in total. The Morgan fingerprint density at radius 3 is 2.42 bits per heavy atom. The van der Waals surface area contributed by atoms with Crippen LogP contribution in [0.25, 0.3) is 0 Å². The molecule has 1 aromatic carbocycles. The average Bonchev–Trinajstić information content (AvgIpc) is 2.88. The number of rotatable bonds is 4. The van der Waals surface area contributed by atoms with Crippen LogP contribution in [0.2, 0.25) is 0 Å². The van der Waals surface area contributed by atoms with Gasteiger partial charge in [0.15, 0.2) is 11.6 Å². The molecule has 4 heteroatoms. The zero-order chi connectivity index (χ0) is 14.0. The van der Waals surface area contributed by atoms with E-state index in [4.69, 9.17) is 5.73 Å². The fourth-order valence-corrected chi connectivity index (χ4v) is 2.70. The van der Waals surface area contributed by atoms with Crippen LogP contribution in [0, 0.1) is 11.6 Å². The number of hydrogen-bond donors (Lipinski definition) is 1. The van der Waals surface area contributed by atoms with Crippen molar-refractivity contribution in [2.75, 3.05) is 13.1 Å². The molecule has 0 aliphatic carbocycles. The first kappa shape index (κ1) is 14.4. The van der Waals surface area contributed by atoms with E-state index in [1.54, 1.807) is 6.07 Å². The van der Waals surface area contributed by atoms with Crippen molar-refractivity contribution in [3.05, 3.63) is 35.4 Å². The van der Waals surface area contributed by atoms with Crippen molar-refractivity contribution < 1.29 is 8.78 Å². The van der Waals surface area contributed by atoms with Crippen LogP contribution in [0.3, 0.4) is 0 Å². The molecule has 2 rings (SSSR count). The number of benzene rings is 1. The SMILES string of the molecule is CC(C)(C(N)Cc1ccc(F)c(F)c1)N1CCCC1. The van der Waals surface area contributed by atoms with E-state index in [-0.39, 0.29) is 11.6 Å². The third-order valence-corrected chi connectivity index (χ3v) is 4.27. The van der Waals surface area contributed by atoms with Crippen LogP contribution in [0.5, 0.6) is 0 Å². The first-order valence-corrected chi connectivity index (χ1v) is 6.86. The lowest BCUT2D eigenvalue weighted by atomic mass is 9.88. The highest BCUT2D eigenvalue weighted by Crippen LogP contribution is 2.25. The maximum absolute atomic E-state index is 13.2. The van der Waals surface area contributed by atoms with E-state index < -0.39 is 11.6 Å². The molecule has 1 aromatic rings.